The van der Waals surface area contributed by atoms with Crippen molar-refractivity contribution >= 4 is 23.4 Å². The maximum atomic E-state index is 10.9. The fraction of sp³-hybridized carbons (Fsp3) is 0.111. The van der Waals surface area contributed by atoms with Crippen molar-refractivity contribution in [3.05, 3.63) is 71.7 Å². The standard InChI is InChI=1S/C18H17N5O2/c1-12-9-16(22-15-6-4-14(5-7-15)17(24)25)23-18(21-12)20-11-13-3-2-8-19-10-13/h2-10H,11H2,1H3,(H,24,25)(H2,20,21,22,23). The van der Waals surface area contributed by atoms with Crippen molar-refractivity contribution in [2.24, 2.45) is 0 Å². The molecule has 0 spiro atoms. The number of rotatable bonds is 6. The zero-order valence-corrected chi connectivity index (χ0v) is 13.6. The highest BCUT2D eigenvalue weighted by atomic mass is 16.4. The van der Waals surface area contributed by atoms with Gasteiger partial charge in [-0.15, -0.1) is 0 Å². The first-order valence-electron chi connectivity index (χ1n) is 7.69. The Balaban J connectivity index is 1.71. The molecule has 3 N–H and O–H groups in total. The second-order valence-corrected chi connectivity index (χ2v) is 5.44. The average molecular weight is 335 g/mol. The van der Waals surface area contributed by atoms with Gasteiger partial charge in [0.05, 0.1) is 5.56 Å². The molecule has 0 saturated carbocycles. The van der Waals surface area contributed by atoms with Gasteiger partial charge in [-0.2, -0.15) is 4.98 Å². The maximum absolute atomic E-state index is 10.9. The molecule has 0 fully saturated rings. The molecule has 3 rings (SSSR count). The highest BCUT2D eigenvalue weighted by Gasteiger charge is 2.05. The number of hydrogen-bond donors (Lipinski definition) is 3. The summed E-state index contributed by atoms with van der Waals surface area (Å²) in [6.45, 7) is 2.46. The van der Waals surface area contributed by atoms with Crippen molar-refractivity contribution < 1.29 is 9.90 Å². The van der Waals surface area contributed by atoms with E-state index in [9.17, 15) is 4.79 Å². The Kier molecular flexibility index (Phi) is 4.84. The van der Waals surface area contributed by atoms with E-state index in [1.165, 1.54) is 0 Å². The molecular weight excluding hydrogens is 318 g/mol. The summed E-state index contributed by atoms with van der Waals surface area (Å²) in [4.78, 5) is 23.8. The summed E-state index contributed by atoms with van der Waals surface area (Å²) < 4.78 is 0. The van der Waals surface area contributed by atoms with E-state index >= 15 is 0 Å². The van der Waals surface area contributed by atoms with Crippen LogP contribution in [0.1, 0.15) is 21.6 Å². The molecule has 0 aliphatic rings. The van der Waals surface area contributed by atoms with Gasteiger partial charge in [0.2, 0.25) is 5.95 Å². The number of carboxylic acid groups (broad SMARTS) is 1. The van der Waals surface area contributed by atoms with Crippen LogP contribution in [0.5, 0.6) is 0 Å². The average Bonchev–Trinajstić information content (AvgIpc) is 2.61. The molecule has 0 bridgehead atoms. The first-order chi connectivity index (χ1) is 12.1. The zero-order chi connectivity index (χ0) is 17.6. The molecule has 3 aromatic rings. The van der Waals surface area contributed by atoms with Crippen molar-refractivity contribution in [3.8, 4) is 0 Å². The minimum atomic E-state index is -0.952. The van der Waals surface area contributed by atoms with Crippen molar-refractivity contribution in [3.63, 3.8) is 0 Å². The second kappa shape index (κ2) is 7.39. The van der Waals surface area contributed by atoms with Crippen molar-refractivity contribution in [2.45, 2.75) is 13.5 Å². The Labute approximate surface area is 144 Å². The summed E-state index contributed by atoms with van der Waals surface area (Å²) >= 11 is 0. The van der Waals surface area contributed by atoms with Gasteiger partial charge in [-0.1, -0.05) is 6.07 Å². The zero-order valence-electron chi connectivity index (χ0n) is 13.6. The molecule has 7 heteroatoms. The van der Waals surface area contributed by atoms with Crippen LogP contribution in [0.25, 0.3) is 0 Å². The van der Waals surface area contributed by atoms with E-state index in [0.29, 0.717) is 18.3 Å². The number of nitrogens with zero attached hydrogens (tertiary/aromatic N) is 3. The fourth-order valence-corrected chi connectivity index (χ4v) is 2.24. The predicted octanol–water partition coefficient (Wildman–Crippen LogP) is 3.23. The van der Waals surface area contributed by atoms with E-state index in [-0.39, 0.29) is 5.56 Å². The van der Waals surface area contributed by atoms with Crippen molar-refractivity contribution in [1.82, 2.24) is 15.0 Å². The van der Waals surface area contributed by atoms with Crippen LogP contribution in [0.15, 0.2) is 54.9 Å². The van der Waals surface area contributed by atoms with Crippen LogP contribution in [0.2, 0.25) is 0 Å². The lowest BCUT2D eigenvalue weighted by Crippen LogP contribution is -2.06. The smallest absolute Gasteiger partial charge is 0.335 e. The number of hydrogen-bond acceptors (Lipinski definition) is 6. The van der Waals surface area contributed by atoms with Gasteiger partial charge in [-0.3, -0.25) is 4.98 Å². The van der Waals surface area contributed by atoms with Gasteiger partial charge >= 0.3 is 5.97 Å². The van der Waals surface area contributed by atoms with Crippen LogP contribution in [-0.2, 0) is 6.54 Å². The molecule has 0 saturated heterocycles. The lowest BCUT2D eigenvalue weighted by atomic mass is 10.2. The van der Waals surface area contributed by atoms with Gasteiger partial charge in [0.25, 0.3) is 0 Å². The minimum Gasteiger partial charge on any atom is -0.478 e. The monoisotopic (exact) mass is 335 g/mol. The molecule has 126 valence electrons. The third kappa shape index (κ3) is 4.51. The van der Waals surface area contributed by atoms with Crippen LogP contribution in [0.4, 0.5) is 17.5 Å². The number of aryl methyl sites for hydroxylation is 1. The summed E-state index contributed by atoms with van der Waals surface area (Å²) in [6.07, 6.45) is 3.51. The van der Waals surface area contributed by atoms with Gasteiger partial charge in [-0.25, -0.2) is 9.78 Å². The summed E-state index contributed by atoms with van der Waals surface area (Å²) in [6, 6.07) is 12.1. The molecule has 0 aliphatic carbocycles. The first-order valence-corrected chi connectivity index (χ1v) is 7.69. The van der Waals surface area contributed by atoms with E-state index < -0.39 is 5.97 Å². The van der Waals surface area contributed by atoms with E-state index in [1.54, 1.807) is 36.7 Å². The first kappa shape index (κ1) is 16.4. The topological polar surface area (TPSA) is 100 Å². The predicted molar refractivity (Wildman–Crippen MR) is 95.0 cm³/mol. The van der Waals surface area contributed by atoms with E-state index in [1.807, 2.05) is 25.1 Å². The van der Waals surface area contributed by atoms with Crippen molar-refractivity contribution in [1.29, 1.82) is 0 Å². The summed E-state index contributed by atoms with van der Waals surface area (Å²) in [5.74, 6) is 0.184. The SMILES string of the molecule is Cc1cc(Nc2ccc(C(=O)O)cc2)nc(NCc2cccnc2)n1. The normalized spacial score (nSPS) is 10.3. The Morgan fingerprint density at radius 2 is 1.96 bits per heavy atom. The van der Waals surface area contributed by atoms with E-state index in [0.717, 1.165) is 16.9 Å². The lowest BCUT2D eigenvalue weighted by Gasteiger charge is -2.10. The molecule has 25 heavy (non-hydrogen) atoms. The number of anilines is 3. The Morgan fingerprint density at radius 1 is 1.16 bits per heavy atom. The molecule has 0 atom stereocenters. The Hall–Kier alpha value is -3.48. The van der Waals surface area contributed by atoms with E-state index in [2.05, 4.69) is 25.6 Å². The number of aromatic nitrogens is 3. The number of benzene rings is 1. The van der Waals surface area contributed by atoms with Gasteiger partial charge in [0, 0.05) is 36.4 Å². The molecule has 0 amide bonds. The molecule has 2 aromatic heterocycles. The molecule has 0 aliphatic heterocycles. The lowest BCUT2D eigenvalue weighted by molar-refractivity contribution is 0.0697. The largest absolute Gasteiger partial charge is 0.478 e. The van der Waals surface area contributed by atoms with Crippen LogP contribution >= 0.6 is 0 Å². The van der Waals surface area contributed by atoms with Crippen LogP contribution in [0, 0.1) is 6.92 Å². The van der Waals surface area contributed by atoms with Gasteiger partial charge in [0.1, 0.15) is 5.82 Å². The van der Waals surface area contributed by atoms with Crippen LogP contribution in [0.3, 0.4) is 0 Å². The summed E-state index contributed by atoms with van der Waals surface area (Å²) in [5, 5.41) is 15.3. The highest BCUT2D eigenvalue weighted by Crippen LogP contribution is 2.18. The Bertz CT molecular complexity index is 866. The third-order valence-electron chi connectivity index (χ3n) is 3.43. The quantitative estimate of drug-likeness (QED) is 0.636. The number of carboxylic acids is 1. The summed E-state index contributed by atoms with van der Waals surface area (Å²) in [7, 11) is 0. The van der Waals surface area contributed by atoms with Crippen LogP contribution < -0.4 is 10.6 Å². The van der Waals surface area contributed by atoms with E-state index in [4.69, 9.17) is 5.11 Å². The van der Waals surface area contributed by atoms with Crippen LogP contribution in [-0.4, -0.2) is 26.0 Å². The molecule has 0 radical (unpaired) electrons. The Morgan fingerprint density at radius 3 is 2.64 bits per heavy atom. The summed E-state index contributed by atoms with van der Waals surface area (Å²) in [5.41, 5.74) is 2.84. The number of pyridine rings is 1. The fourth-order valence-electron chi connectivity index (χ4n) is 2.24. The maximum Gasteiger partial charge on any atom is 0.335 e. The number of nitrogens with one attached hydrogen (secondary N) is 2. The van der Waals surface area contributed by atoms with Gasteiger partial charge in [-0.05, 0) is 42.8 Å². The minimum absolute atomic E-state index is 0.239. The number of carbonyl (C=O) groups is 1. The van der Waals surface area contributed by atoms with Gasteiger partial charge < -0.3 is 15.7 Å². The van der Waals surface area contributed by atoms with Gasteiger partial charge in [0.15, 0.2) is 0 Å². The second-order valence-electron chi connectivity index (χ2n) is 5.44. The van der Waals surface area contributed by atoms with Crippen molar-refractivity contribution in [2.75, 3.05) is 10.6 Å². The molecule has 0 unspecified atom stereocenters. The molecule has 2 heterocycles. The molecular formula is C18H17N5O2. The third-order valence-corrected chi connectivity index (χ3v) is 3.43. The molecule has 7 nitrogen and oxygen atoms in total. The highest BCUT2D eigenvalue weighted by molar-refractivity contribution is 5.88. The molecule has 1 aromatic carbocycles. The number of aromatic carboxylic acids is 1.